The molecule has 0 aliphatic carbocycles. The number of aromatic hydroxyl groups is 1. The molecule has 1 aliphatic rings. The fourth-order valence-electron chi connectivity index (χ4n) is 2.96. The summed E-state index contributed by atoms with van der Waals surface area (Å²) in [6.07, 6.45) is -0.141. The van der Waals surface area contributed by atoms with Crippen molar-refractivity contribution in [3.05, 3.63) is 60.2 Å². The summed E-state index contributed by atoms with van der Waals surface area (Å²) >= 11 is 0.798. The number of benzene rings is 2. The molecule has 28 heavy (non-hydrogen) atoms. The van der Waals surface area contributed by atoms with E-state index in [1.54, 1.807) is 6.07 Å². The van der Waals surface area contributed by atoms with E-state index in [9.17, 15) is 24.6 Å². The van der Waals surface area contributed by atoms with Crippen LogP contribution >= 0.6 is 11.8 Å². The lowest BCUT2D eigenvalue weighted by Crippen LogP contribution is -2.37. The van der Waals surface area contributed by atoms with Crippen molar-refractivity contribution in [2.24, 2.45) is 0 Å². The minimum absolute atomic E-state index is 0.0559. The summed E-state index contributed by atoms with van der Waals surface area (Å²) in [6.45, 7) is 0.262. The van der Waals surface area contributed by atoms with Gasteiger partial charge in [0.1, 0.15) is 11.0 Å². The van der Waals surface area contributed by atoms with Crippen molar-refractivity contribution in [1.29, 1.82) is 0 Å². The highest BCUT2D eigenvalue weighted by Gasteiger charge is 2.42. The zero-order chi connectivity index (χ0) is 20.1. The molecular weight excluding hydrogens is 380 g/mol. The van der Waals surface area contributed by atoms with Gasteiger partial charge in [0.2, 0.25) is 11.8 Å². The standard InChI is InChI=1S/C20H20N2O5S/c23-10-9-21(13-14-5-2-1-3-6-14)18(25)12-17-19(26)22(20(27)28-17)15-7-4-8-16(24)11-15/h1-8,11,17,23-24H,9-10,12-13H2. The zero-order valence-electron chi connectivity index (χ0n) is 15.0. The highest BCUT2D eigenvalue weighted by molar-refractivity contribution is 8.15. The Labute approximate surface area is 166 Å². The first-order chi connectivity index (χ1) is 13.5. The third kappa shape index (κ3) is 4.52. The number of nitrogens with zero attached hydrogens (tertiary/aromatic N) is 2. The predicted molar refractivity (Wildman–Crippen MR) is 106 cm³/mol. The van der Waals surface area contributed by atoms with E-state index in [1.807, 2.05) is 30.3 Å². The summed E-state index contributed by atoms with van der Waals surface area (Å²) < 4.78 is 0. The van der Waals surface area contributed by atoms with Crippen molar-refractivity contribution >= 4 is 34.5 Å². The number of phenols is 1. The molecule has 2 aromatic carbocycles. The van der Waals surface area contributed by atoms with Crippen molar-refractivity contribution in [3.8, 4) is 5.75 Å². The molecule has 1 atom stereocenters. The average molecular weight is 400 g/mol. The van der Waals surface area contributed by atoms with Gasteiger partial charge in [-0.15, -0.1) is 0 Å². The third-order valence-electron chi connectivity index (χ3n) is 4.31. The Morgan fingerprint density at radius 3 is 2.54 bits per heavy atom. The smallest absolute Gasteiger partial charge is 0.293 e. The van der Waals surface area contributed by atoms with E-state index in [1.165, 1.54) is 23.1 Å². The van der Waals surface area contributed by atoms with Gasteiger partial charge < -0.3 is 15.1 Å². The number of aliphatic hydroxyl groups is 1. The van der Waals surface area contributed by atoms with Crippen molar-refractivity contribution in [2.45, 2.75) is 18.2 Å². The molecule has 0 aromatic heterocycles. The number of hydrogen-bond donors (Lipinski definition) is 2. The maximum Gasteiger partial charge on any atom is 0.293 e. The van der Waals surface area contributed by atoms with E-state index < -0.39 is 16.4 Å². The van der Waals surface area contributed by atoms with Crippen LogP contribution in [0.3, 0.4) is 0 Å². The molecule has 0 bridgehead atoms. The molecule has 2 aromatic rings. The van der Waals surface area contributed by atoms with Gasteiger partial charge >= 0.3 is 0 Å². The number of anilines is 1. The second-order valence-electron chi connectivity index (χ2n) is 6.29. The van der Waals surface area contributed by atoms with Crippen molar-refractivity contribution in [1.82, 2.24) is 4.90 Å². The number of aliphatic hydroxyl groups excluding tert-OH is 1. The molecule has 1 heterocycles. The number of carbonyl (C=O) groups is 3. The molecule has 2 N–H and O–H groups in total. The Hall–Kier alpha value is -2.84. The van der Waals surface area contributed by atoms with Gasteiger partial charge in [0.05, 0.1) is 12.3 Å². The number of hydrogen-bond acceptors (Lipinski definition) is 6. The zero-order valence-corrected chi connectivity index (χ0v) is 15.8. The molecule has 7 nitrogen and oxygen atoms in total. The van der Waals surface area contributed by atoms with Crippen molar-refractivity contribution in [2.75, 3.05) is 18.1 Å². The molecule has 0 radical (unpaired) electrons. The van der Waals surface area contributed by atoms with E-state index in [0.29, 0.717) is 6.54 Å². The maximum absolute atomic E-state index is 12.7. The first-order valence-electron chi connectivity index (χ1n) is 8.75. The number of amides is 3. The largest absolute Gasteiger partial charge is 0.508 e. The van der Waals surface area contributed by atoms with E-state index >= 15 is 0 Å². The molecule has 3 rings (SSSR count). The van der Waals surface area contributed by atoms with Crippen LogP contribution in [0, 0.1) is 0 Å². The van der Waals surface area contributed by atoms with Gasteiger partial charge in [0.25, 0.3) is 5.24 Å². The molecule has 1 fully saturated rings. The average Bonchev–Trinajstić information content (AvgIpc) is 2.95. The van der Waals surface area contributed by atoms with Crippen LogP contribution in [-0.2, 0) is 16.1 Å². The molecule has 146 valence electrons. The van der Waals surface area contributed by atoms with Gasteiger partial charge in [-0.2, -0.15) is 0 Å². The molecule has 0 saturated carbocycles. The monoisotopic (exact) mass is 400 g/mol. The topological polar surface area (TPSA) is 98.2 Å². The van der Waals surface area contributed by atoms with Gasteiger partial charge in [-0.25, -0.2) is 4.90 Å². The van der Waals surface area contributed by atoms with E-state index in [-0.39, 0.29) is 36.9 Å². The Kier molecular flexibility index (Phi) is 6.33. The van der Waals surface area contributed by atoms with Gasteiger partial charge in [-0.3, -0.25) is 14.4 Å². The van der Waals surface area contributed by atoms with E-state index in [0.717, 1.165) is 22.2 Å². The number of rotatable bonds is 7. The van der Waals surface area contributed by atoms with Crippen LogP contribution < -0.4 is 4.90 Å². The Balaban J connectivity index is 1.70. The number of imide groups is 1. The Bertz CT molecular complexity index is 874. The lowest BCUT2D eigenvalue weighted by Gasteiger charge is -2.23. The minimum Gasteiger partial charge on any atom is -0.508 e. The predicted octanol–water partition coefficient (Wildman–Crippen LogP) is 2.37. The van der Waals surface area contributed by atoms with E-state index in [2.05, 4.69) is 0 Å². The lowest BCUT2D eigenvalue weighted by molar-refractivity contribution is -0.133. The molecule has 1 aliphatic heterocycles. The minimum atomic E-state index is -0.834. The van der Waals surface area contributed by atoms with Crippen LogP contribution in [0.25, 0.3) is 0 Å². The normalized spacial score (nSPS) is 16.5. The highest BCUT2D eigenvalue weighted by atomic mass is 32.2. The highest BCUT2D eigenvalue weighted by Crippen LogP contribution is 2.34. The van der Waals surface area contributed by atoms with Crippen LogP contribution in [0.4, 0.5) is 10.5 Å². The first kappa shape index (κ1) is 19.9. The molecule has 0 spiro atoms. The third-order valence-corrected chi connectivity index (χ3v) is 5.35. The maximum atomic E-state index is 12.7. The Morgan fingerprint density at radius 1 is 1.11 bits per heavy atom. The molecule has 3 amide bonds. The summed E-state index contributed by atoms with van der Waals surface area (Å²) in [5.41, 5.74) is 1.18. The van der Waals surface area contributed by atoms with Crippen LogP contribution in [0.5, 0.6) is 5.75 Å². The second-order valence-corrected chi connectivity index (χ2v) is 7.45. The number of thioether (sulfide) groups is 1. The van der Waals surface area contributed by atoms with Crippen LogP contribution in [0.1, 0.15) is 12.0 Å². The van der Waals surface area contributed by atoms with Crippen molar-refractivity contribution < 1.29 is 24.6 Å². The summed E-state index contributed by atoms with van der Waals surface area (Å²) in [6, 6.07) is 15.2. The van der Waals surface area contributed by atoms with Gasteiger partial charge in [0.15, 0.2) is 0 Å². The summed E-state index contributed by atoms with van der Waals surface area (Å²) in [5.74, 6) is -0.855. The Morgan fingerprint density at radius 2 is 1.86 bits per heavy atom. The lowest BCUT2D eigenvalue weighted by atomic mass is 10.2. The summed E-state index contributed by atoms with van der Waals surface area (Å²) in [7, 11) is 0. The van der Waals surface area contributed by atoms with Crippen LogP contribution in [0.2, 0.25) is 0 Å². The molecule has 1 unspecified atom stereocenters. The fraction of sp³-hybridized carbons (Fsp3) is 0.250. The first-order valence-corrected chi connectivity index (χ1v) is 9.63. The second kappa shape index (κ2) is 8.90. The number of phenolic OH excluding ortho intramolecular Hbond substituents is 1. The quantitative estimate of drug-likeness (QED) is 0.741. The summed E-state index contributed by atoms with van der Waals surface area (Å²) in [4.78, 5) is 40.2. The summed E-state index contributed by atoms with van der Waals surface area (Å²) in [5, 5.41) is 17.6. The van der Waals surface area contributed by atoms with Gasteiger partial charge in [-0.05, 0) is 29.5 Å². The van der Waals surface area contributed by atoms with Crippen molar-refractivity contribution in [3.63, 3.8) is 0 Å². The molecule has 8 heteroatoms. The molecule has 1 saturated heterocycles. The SMILES string of the molecule is O=C(CC1SC(=O)N(c2cccc(O)c2)C1=O)N(CCO)Cc1ccccc1. The van der Waals surface area contributed by atoms with Gasteiger partial charge in [-0.1, -0.05) is 36.4 Å². The van der Waals surface area contributed by atoms with Crippen LogP contribution in [0.15, 0.2) is 54.6 Å². The van der Waals surface area contributed by atoms with Crippen LogP contribution in [-0.4, -0.2) is 50.6 Å². The van der Waals surface area contributed by atoms with Gasteiger partial charge in [0, 0.05) is 25.6 Å². The number of carbonyl (C=O) groups excluding carboxylic acids is 3. The van der Waals surface area contributed by atoms with E-state index in [4.69, 9.17) is 0 Å². The fourth-order valence-corrected chi connectivity index (χ4v) is 3.93. The molecular formula is C20H20N2O5S.